The number of fused-ring (bicyclic) bond motifs is 1. The Kier molecular flexibility index (Phi) is 12.6. The lowest BCUT2D eigenvalue weighted by Gasteiger charge is -2.33. The number of anilines is 1. The van der Waals surface area contributed by atoms with Crippen LogP contribution in [0.2, 0.25) is 0 Å². The first-order valence-electron chi connectivity index (χ1n) is 15.8. The number of para-hydroxylation sites is 1. The number of rotatable bonds is 16. The van der Waals surface area contributed by atoms with Crippen molar-refractivity contribution in [1.82, 2.24) is 19.7 Å². The SMILES string of the molecule is CO[C@H](C)C(=O)O[C@H]1[C@H](c2ccc3c(N)ncnn23)O[C@](C)(CO[P@@](=O)(N[C@@H](C)C(=O)OC(C)C)Oc2ccccc2)[C@H]1OC(=O)[C@@H](C)OC. The van der Waals surface area contributed by atoms with Crippen LogP contribution in [0.15, 0.2) is 48.8 Å². The van der Waals surface area contributed by atoms with E-state index in [-0.39, 0.29) is 11.6 Å². The van der Waals surface area contributed by atoms with Crippen LogP contribution in [-0.4, -0.2) is 95.5 Å². The van der Waals surface area contributed by atoms with Crippen molar-refractivity contribution >= 4 is 37.0 Å². The van der Waals surface area contributed by atoms with Gasteiger partial charge in [-0.15, -0.1) is 0 Å². The van der Waals surface area contributed by atoms with Crippen molar-refractivity contribution in [1.29, 1.82) is 0 Å². The largest absolute Gasteiger partial charge is 0.462 e. The van der Waals surface area contributed by atoms with Gasteiger partial charge in [0.05, 0.1) is 18.4 Å². The van der Waals surface area contributed by atoms with E-state index in [4.69, 9.17) is 43.2 Å². The lowest BCUT2D eigenvalue weighted by atomic mass is 9.96. The summed E-state index contributed by atoms with van der Waals surface area (Å²) in [6.45, 7) is 8.68. The second kappa shape index (κ2) is 16.3. The first kappa shape index (κ1) is 38.7. The van der Waals surface area contributed by atoms with Crippen LogP contribution in [0.3, 0.4) is 0 Å². The van der Waals surface area contributed by atoms with E-state index in [1.807, 2.05) is 0 Å². The average Bonchev–Trinajstić information content (AvgIpc) is 3.62. The van der Waals surface area contributed by atoms with Crippen molar-refractivity contribution in [3.05, 3.63) is 54.5 Å². The van der Waals surface area contributed by atoms with Gasteiger partial charge in [-0.2, -0.15) is 10.2 Å². The van der Waals surface area contributed by atoms with Crippen LogP contribution >= 0.6 is 7.75 Å². The standard InChI is InChI=1S/C32H44N5O12P/c1-18(2)45-29(38)19(3)36-50(41,49-22-12-10-9-11-13-22)44-16-32(6)27(47-31(40)21(5)43-8)26(46-30(39)20(4)42-7)25(48-32)23-14-15-24-28(33)34-17-35-37(23)24/h9-15,17-21,25-27H,16H2,1-8H3,(H,36,41)(H2,33,34,35)/t19-,20+,21+,25-,26-,27-,32+,50-/m0/s1. The molecular formula is C32H44N5O12P. The Balaban J connectivity index is 1.77. The monoisotopic (exact) mass is 721 g/mol. The molecule has 3 N–H and O–H groups in total. The molecule has 0 radical (unpaired) electrons. The van der Waals surface area contributed by atoms with Gasteiger partial charge in [-0.3, -0.25) is 9.32 Å². The van der Waals surface area contributed by atoms with Crippen LogP contribution in [0.4, 0.5) is 5.82 Å². The fourth-order valence-electron chi connectivity index (χ4n) is 4.97. The minimum Gasteiger partial charge on any atom is -0.462 e. The number of nitrogens with one attached hydrogen (secondary N) is 1. The van der Waals surface area contributed by atoms with Crippen LogP contribution in [0, 0.1) is 0 Å². The number of carbonyl (C=O) groups is 3. The number of aromatic nitrogens is 3. The Hall–Kier alpha value is -4.12. The van der Waals surface area contributed by atoms with E-state index >= 15 is 0 Å². The minimum atomic E-state index is -4.43. The third-order valence-electron chi connectivity index (χ3n) is 7.81. The van der Waals surface area contributed by atoms with Gasteiger partial charge in [-0.05, 0) is 65.8 Å². The number of hydrogen-bond donors (Lipinski definition) is 2. The molecule has 17 nitrogen and oxygen atoms in total. The molecule has 2 aromatic heterocycles. The molecular weight excluding hydrogens is 677 g/mol. The molecule has 4 rings (SSSR count). The Morgan fingerprint density at radius 3 is 2.24 bits per heavy atom. The second-order valence-corrected chi connectivity index (χ2v) is 13.8. The Labute approximate surface area is 289 Å². The van der Waals surface area contributed by atoms with Gasteiger partial charge in [0.25, 0.3) is 0 Å². The van der Waals surface area contributed by atoms with Crippen molar-refractivity contribution in [2.24, 2.45) is 0 Å². The maximum absolute atomic E-state index is 14.4. The Morgan fingerprint density at radius 2 is 1.62 bits per heavy atom. The topological polar surface area (TPSA) is 210 Å². The zero-order chi connectivity index (χ0) is 36.8. The first-order chi connectivity index (χ1) is 23.6. The fraction of sp³-hybridized carbons (Fsp3) is 0.531. The van der Waals surface area contributed by atoms with Crippen LogP contribution < -0.4 is 15.3 Å². The van der Waals surface area contributed by atoms with Gasteiger partial charge < -0.3 is 38.7 Å². The molecule has 0 unspecified atom stereocenters. The summed E-state index contributed by atoms with van der Waals surface area (Å²) in [5, 5.41) is 6.91. The van der Waals surface area contributed by atoms with Crippen molar-refractivity contribution in [3.8, 4) is 5.75 Å². The molecule has 0 bridgehead atoms. The maximum Gasteiger partial charge on any atom is 0.459 e. The average molecular weight is 722 g/mol. The number of esters is 3. The Morgan fingerprint density at radius 1 is 0.980 bits per heavy atom. The van der Waals surface area contributed by atoms with Crippen LogP contribution in [0.5, 0.6) is 5.75 Å². The molecule has 1 saturated heterocycles. The molecule has 1 aromatic carbocycles. The van der Waals surface area contributed by atoms with Crippen LogP contribution in [-0.2, 0) is 51.9 Å². The summed E-state index contributed by atoms with van der Waals surface area (Å²) in [5.74, 6) is -1.97. The predicted molar refractivity (Wildman–Crippen MR) is 177 cm³/mol. The molecule has 3 aromatic rings. The van der Waals surface area contributed by atoms with Gasteiger partial charge in [0.2, 0.25) is 0 Å². The number of hydrogen-bond acceptors (Lipinski definition) is 15. The normalized spacial score (nSPS) is 23.5. The smallest absolute Gasteiger partial charge is 0.459 e. The quantitative estimate of drug-likeness (QED) is 0.124. The van der Waals surface area contributed by atoms with Gasteiger partial charge in [-0.25, -0.2) is 23.7 Å². The molecule has 1 aliphatic rings. The van der Waals surface area contributed by atoms with Crippen molar-refractivity contribution in [2.45, 2.75) is 89.8 Å². The number of carbonyl (C=O) groups excluding carboxylic acids is 3. The number of nitrogens with two attached hydrogens (primary N) is 1. The summed E-state index contributed by atoms with van der Waals surface area (Å²) in [6.07, 6.45) is -5.14. The van der Waals surface area contributed by atoms with Gasteiger partial charge in [0.15, 0.2) is 30.2 Å². The van der Waals surface area contributed by atoms with Crippen LogP contribution in [0.1, 0.15) is 53.3 Å². The van der Waals surface area contributed by atoms with E-state index in [0.29, 0.717) is 11.2 Å². The highest BCUT2D eigenvalue weighted by atomic mass is 31.2. The molecule has 50 heavy (non-hydrogen) atoms. The number of ether oxygens (including phenoxy) is 6. The second-order valence-electron chi connectivity index (χ2n) is 12.1. The maximum atomic E-state index is 14.4. The summed E-state index contributed by atoms with van der Waals surface area (Å²) in [5.41, 5.74) is 5.17. The molecule has 0 spiro atoms. The number of methoxy groups -OCH3 is 2. The number of nitrogens with zero attached hydrogens (tertiary/aromatic N) is 3. The van der Waals surface area contributed by atoms with E-state index in [2.05, 4.69) is 15.2 Å². The molecule has 3 heterocycles. The van der Waals surface area contributed by atoms with E-state index in [1.54, 1.807) is 56.3 Å². The van der Waals surface area contributed by atoms with Crippen molar-refractivity contribution in [2.75, 3.05) is 26.6 Å². The highest BCUT2D eigenvalue weighted by Gasteiger charge is 2.59. The van der Waals surface area contributed by atoms with E-state index < -0.39 is 80.5 Å². The molecule has 0 aliphatic carbocycles. The van der Waals surface area contributed by atoms with Crippen LogP contribution in [0.25, 0.3) is 5.52 Å². The van der Waals surface area contributed by atoms with Crippen molar-refractivity contribution in [3.63, 3.8) is 0 Å². The molecule has 1 aliphatic heterocycles. The van der Waals surface area contributed by atoms with E-state index in [9.17, 15) is 18.9 Å². The molecule has 18 heteroatoms. The summed E-state index contributed by atoms with van der Waals surface area (Å²) < 4.78 is 61.7. The van der Waals surface area contributed by atoms with E-state index in [0.717, 1.165) is 0 Å². The highest BCUT2D eigenvalue weighted by molar-refractivity contribution is 7.52. The molecule has 1 fully saturated rings. The first-order valence-corrected chi connectivity index (χ1v) is 17.4. The third kappa shape index (κ3) is 8.96. The zero-order valence-electron chi connectivity index (χ0n) is 29.1. The zero-order valence-corrected chi connectivity index (χ0v) is 30.0. The predicted octanol–water partition coefficient (Wildman–Crippen LogP) is 3.17. The summed E-state index contributed by atoms with van der Waals surface area (Å²) in [6, 6.07) is 10.3. The molecule has 274 valence electrons. The highest BCUT2D eigenvalue weighted by Crippen LogP contribution is 2.50. The lowest BCUT2D eigenvalue weighted by molar-refractivity contribution is -0.182. The lowest BCUT2D eigenvalue weighted by Crippen LogP contribution is -2.50. The summed E-state index contributed by atoms with van der Waals surface area (Å²) in [7, 11) is -1.78. The molecule has 0 saturated carbocycles. The number of nitrogen functional groups attached to an aromatic ring is 1. The fourth-order valence-corrected chi connectivity index (χ4v) is 6.56. The molecule has 0 amide bonds. The number of benzene rings is 1. The third-order valence-corrected chi connectivity index (χ3v) is 9.43. The summed E-state index contributed by atoms with van der Waals surface area (Å²) in [4.78, 5) is 43.2. The summed E-state index contributed by atoms with van der Waals surface area (Å²) >= 11 is 0. The minimum absolute atomic E-state index is 0.164. The van der Waals surface area contributed by atoms with Gasteiger partial charge in [0.1, 0.15) is 35.3 Å². The van der Waals surface area contributed by atoms with Crippen molar-refractivity contribution < 1.29 is 56.4 Å². The molecule has 8 atom stereocenters. The Bertz CT molecular complexity index is 1690. The van der Waals surface area contributed by atoms with E-state index in [1.165, 1.54) is 52.8 Å². The van der Waals surface area contributed by atoms with Gasteiger partial charge >= 0.3 is 25.7 Å². The van der Waals surface area contributed by atoms with Gasteiger partial charge in [0, 0.05) is 14.2 Å². The van der Waals surface area contributed by atoms with Gasteiger partial charge in [-0.1, -0.05) is 18.2 Å².